The lowest BCUT2D eigenvalue weighted by atomic mass is 10.5. The van der Waals surface area contributed by atoms with Gasteiger partial charge in [0.1, 0.15) is 17.7 Å². The lowest BCUT2D eigenvalue weighted by molar-refractivity contribution is 0.807. The van der Waals surface area contributed by atoms with Crippen LogP contribution in [-0.2, 0) is 0 Å². The third-order valence-corrected chi connectivity index (χ3v) is 1.02. The van der Waals surface area contributed by atoms with Crippen molar-refractivity contribution in [3.05, 3.63) is 11.9 Å². The summed E-state index contributed by atoms with van der Waals surface area (Å²) in [6.45, 7) is 0.487. The molecule has 0 unspecified atom stereocenters. The van der Waals surface area contributed by atoms with E-state index in [1.165, 1.54) is 0 Å². The van der Waals surface area contributed by atoms with Crippen molar-refractivity contribution in [1.29, 1.82) is 0 Å². The van der Waals surface area contributed by atoms with Crippen molar-refractivity contribution in [2.75, 3.05) is 6.67 Å². The lowest BCUT2D eigenvalue weighted by Crippen LogP contribution is -2.24. The molecule has 0 aromatic rings. The van der Waals surface area contributed by atoms with Crippen molar-refractivity contribution in [2.24, 2.45) is 10.7 Å². The van der Waals surface area contributed by atoms with E-state index in [1.807, 2.05) is 0 Å². The van der Waals surface area contributed by atoms with E-state index >= 15 is 0 Å². The summed E-state index contributed by atoms with van der Waals surface area (Å²) < 4.78 is 0. The molecule has 0 aliphatic carbocycles. The largest absolute Gasteiger partial charge is 0.385 e. The van der Waals surface area contributed by atoms with E-state index in [1.54, 1.807) is 6.08 Å². The molecule has 0 saturated carbocycles. The third-order valence-electron chi connectivity index (χ3n) is 0.788. The molecule has 0 spiro atoms. The first-order chi connectivity index (χ1) is 3.79. The second kappa shape index (κ2) is 2.05. The van der Waals surface area contributed by atoms with Gasteiger partial charge in [0.25, 0.3) is 0 Å². The SMILES string of the molecule is NC1=CC(Cl)=NCN1. The van der Waals surface area contributed by atoms with Gasteiger partial charge in [-0.2, -0.15) is 0 Å². The molecule has 4 heteroatoms. The van der Waals surface area contributed by atoms with E-state index in [9.17, 15) is 0 Å². The summed E-state index contributed by atoms with van der Waals surface area (Å²) in [5.74, 6) is 0.574. The van der Waals surface area contributed by atoms with Gasteiger partial charge in [0, 0.05) is 6.08 Å². The van der Waals surface area contributed by atoms with Gasteiger partial charge < -0.3 is 11.1 Å². The number of halogens is 1. The van der Waals surface area contributed by atoms with Gasteiger partial charge in [0.15, 0.2) is 0 Å². The van der Waals surface area contributed by atoms with E-state index in [-0.39, 0.29) is 0 Å². The molecular formula is C4H6ClN3. The number of nitrogens with two attached hydrogens (primary N) is 1. The highest BCUT2D eigenvalue weighted by Crippen LogP contribution is 1.94. The van der Waals surface area contributed by atoms with Gasteiger partial charge in [0.05, 0.1) is 0 Å². The summed E-state index contributed by atoms with van der Waals surface area (Å²) >= 11 is 5.47. The molecule has 1 aliphatic rings. The zero-order chi connectivity index (χ0) is 5.98. The number of hydrogen-bond donors (Lipinski definition) is 2. The first-order valence-corrected chi connectivity index (χ1v) is 2.58. The number of hydrogen-bond acceptors (Lipinski definition) is 3. The molecule has 0 bridgehead atoms. The fourth-order valence-electron chi connectivity index (χ4n) is 0.431. The molecule has 44 valence electrons. The monoisotopic (exact) mass is 131 g/mol. The molecule has 0 atom stereocenters. The summed E-state index contributed by atoms with van der Waals surface area (Å²) in [6.07, 6.45) is 1.57. The van der Waals surface area contributed by atoms with Crippen LogP contribution in [0.2, 0.25) is 0 Å². The smallest absolute Gasteiger partial charge is 0.129 e. The zero-order valence-corrected chi connectivity index (χ0v) is 4.94. The Morgan fingerprint density at radius 2 is 2.62 bits per heavy atom. The summed E-state index contributed by atoms with van der Waals surface area (Å²) in [6, 6.07) is 0. The minimum absolute atomic E-state index is 0.459. The van der Waals surface area contributed by atoms with Crippen molar-refractivity contribution in [3.63, 3.8) is 0 Å². The van der Waals surface area contributed by atoms with E-state index in [4.69, 9.17) is 17.3 Å². The molecule has 1 rings (SSSR count). The fraction of sp³-hybridized carbons (Fsp3) is 0.250. The van der Waals surface area contributed by atoms with Gasteiger partial charge in [0.2, 0.25) is 0 Å². The maximum absolute atomic E-state index is 5.47. The Morgan fingerprint density at radius 1 is 1.88 bits per heavy atom. The van der Waals surface area contributed by atoms with Crippen LogP contribution in [0.25, 0.3) is 0 Å². The van der Waals surface area contributed by atoms with Gasteiger partial charge in [-0.1, -0.05) is 11.6 Å². The topological polar surface area (TPSA) is 50.4 Å². The molecule has 1 aliphatic heterocycles. The highest BCUT2D eigenvalue weighted by atomic mass is 35.5. The Bertz CT molecular complexity index is 149. The number of rotatable bonds is 0. The highest BCUT2D eigenvalue weighted by Gasteiger charge is 1.96. The van der Waals surface area contributed by atoms with Crippen LogP contribution in [0.1, 0.15) is 0 Å². The molecule has 0 aromatic carbocycles. The highest BCUT2D eigenvalue weighted by molar-refractivity contribution is 6.68. The summed E-state index contributed by atoms with van der Waals surface area (Å²) in [5, 5.41) is 3.24. The number of nitrogens with one attached hydrogen (secondary N) is 1. The molecule has 0 radical (unpaired) electrons. The van der Waals surface area contributed by atoms with Crippen molar-refractivity contribution in [2.45, 2.75) is 0 Å². The van der Waals surface area contributed by atoms with E-state index in [0.717, 1.165) is 0 Å². The van der Waals surface area contributed by atoms with Crippen molar-refractivity contribution < 1.29 is 0 Å². The van der Waals surface area contributed by atoms with E-state index in [2.05, 4.69) is 10.3 Å². The van der Waals surface area contributed by atoms with Crippen LogP contribution in [0.4, 0.5) is 0 Å². The Morgan fingerprint density at radius 3 is 3.00 bits per heavy atom. The van der Waals surface area contributed by atoms with Gasteiger partial charge in [-0.05, 0) is 0 Å². The second-order valence-corrected chi connectivity index (χ2v) is 1.80. The first-order valence-electron chi connectivity index (χ1n) is 2.20. The van der Waals surface area contributed by atoms with Crippen LogP contribution in [0.5, 0.6) is 0 Å². The molecule has 3 nitrogen and oxygen atoms in total. The molecule has 0 amide bonds. The fourth-order valence-corrected chi connectivity index (χ4v) is 0.609. The number of nitrogens with zero attached hydrogens (tertiary/aromatic N) is 1. The van der Waals surface area contributed by atoms with Crippen molar-refractivity contribution in [3.8, 4) is 0 Å². The van der Waals surface area contributed by atoms with Crippen LogP contribution in [0.15, 0.2) is 16.9 Å². The Balaban J connectivity index is 2.69. The standard InChI is InChI=1S/C4H6ClN3/c5-3-1-4(6)8-2-7-3/h1,8H,2,6H2. The summed E-state index contributed by atoms with van der Waals surface area (Å²) in [7, 11) is 0. The van der Waals surface area contributed by atoms with Crippen LogP contribution in [-0.4, -0.2) is 11.8 Å². The maximum Gasteiger partial charge on any atom is 0.129 e. The molecule has 0 saturated heterocycles. The van der Waals surface area contributed by atoms with Crippen LogP contribution in [0.3, 0.4) is 0 Å². The quantitative estimate of drug-likeness (QED) is 0.486. The van der Waals surface area contributed by atoms with E-state index in [0.29, 0.717) is 17.7 Å². The third kappa shape index (κ3) is 1.13. The van der Waals surface area contributed by atoms with Crippen LogP contribution in [0, 0.1) is 0 Å². The van der Waals surface area contributed by atoms with Crippen LogP contribution < -0.4 is 11.1 Å². The normalized spacial score (nSPS) is 18.6. The number of allylic oxidation sites excluding steroid dienone is 1. The molecule has 1 heterocycles. The van der Waals surface area contributed by atoms with Gasteiger partial charge in [-0.15, -0.1) is 0 Å². The Labute approximate surface area is 52.2 Å². The average molecular weight is 132 g/mol. The van der Waals surface area contributed by atoms with Gasteiger partial charge in [-0.3, -0.25) is 4.99 Å². The average Bonchev–Trinajstić information content (AvgIpc) is 1.64. The summed E-state index contributed by atoms with van der Waals surface area (Å²) in [4.78, 5) is 3.79. The number of aliphatic imine (C=N–C) groups is 1. The molecule has 8 heavy (non-hydrogen) atoms. The minimum atomic E-state index is 0.459. The van der Waals surface area contributed by atoms with Crippen molar-refractivity contribution in [1.82, 2.24) is 5.32 Å². The molecular weight excluding hydrogens is 126 g/mol. The van der Waals surface area contributed by atoms with Crippen molar-refractivity contribution >= 4 is 16.8 Å². The predicted molar refractivity (Wildman–Crippen MR) is 33.6 cm³/mol. The Hall–Kier alpha value is -0.700. The van der Waals surface area contributed by atoms with Crippen LogP contribution >= 0.6 is 11.6 Å². The molecule has 3 N–H and O–H groups in total. The Kier molecular flexibility index (Phi) is 1.39. The summed E-state index contributed by atoms with van der Waals surface area (Å²) in [5.41, 5.74) is 5.31. The minimum Gasteiger partial charge on any atom is -0.385 e. The maximum atomic E-state index is 5.47. The lowest BCUT2D eigenvalue weighted by Gasteiger charge is -2.06. The zero-order valence-electron chi connectivity index (χ0n) is 4.19. The first kappa shape index (κ1) is 5.44. The predicted octanol–water partition coefficient (Wildman–Crippen LogP) is -0.0155. The van der Waals surface area contributed by atoms with E-state index < -0.39 is 0 Å². The molecule has 0 aromatic heterocycles. The van der Waals surface area contributed by atoms with Gasteiger partial charge >= 0.3 is 0 Å². The molecule has 0 fully saturated rings. The van der Waals surface area contributed by atoms with Gasteiger partial charge in [-0.25, -0.2) is 0 Å². The second-order valence-electron chi connectivity index (χ2n) is 1.42.